The molecule has 2 aromatic heterocycles. The number of aromatic hydroxyl groups is 1. The van der Waals surface area contributed by atoms with Gasteiger partial charge in [-0.25, -0.2) is 19.0 Å². The number of aromatic nitrogens is 5. The molecule has 0 aliphatic carbocycles. The predicted molar refractivity (Wildman–Crippen MR) is 111 cm³/mol. The van der Waals surface area contributed by atoms with Gasteiger partial charge in [-0.15, -0.1) is 0 Å². The van der Waals surface area contributed by atoms with Gasteiger partial charge in [0.15, 0.2) is 0 Å². The highest BCUT2D eigenvalue weighted by Gasteiger charge is 2.36. The summed E-state index contributed by atoms with van der Waals surface area (Å²) in [7, 11) is 1.52. The van der Waals surface area contributed by atoms with Gasteiger partial charge in [0.2, 0.25) is 11.7 Å². The standard InChI is InChI=1S/C21H23FN6O4/c1-21(6-3-7-32-21)20-26-15(18(30)19(31)27(20)2)9-17(29)24-10-13-4-5-14(22)8-16(13)28-12-23-11-25-28/h4-5,8,11-12,30H,3,6-7,9-10H2,1-2H3,(H,24,29). The second-order valence-electron chi connectivity index (χ2n) is 7.84. The first-order valence-electron chi connectivity index (χ1n) is 10.1. The third-order valence-electron chi connectivity index (χ3n) is 5.55. The summed E-state index contributed by atoms with van der Waals surface area (Å²) in [5, 5.41) is 17.0. The van der Waals surface area contributed by atoms with Crippen LogP contribution in [0.5, 0.6) is 5.75 Å². The molecule has 0 radical (unpaired) electrons. The van der Waals surface area contributed by atoms with Gasteiger partial charge in [0.05, 0.1) is 17.8 Å². The molecule has 1 aliphatic heterocycles. The van der Waals surface area contributed by atoms with Crippen molar-refractivity contribution in [1.29, 1.82) is 0 Å². The second kappa shape index (κ2) is 8.50. The molecule has 1 saturated heterocycles. The minimum Gasteiger partial charge on any atom is -0.502 e. The van der Waals surface area contributed by atoms with Crippen LogP contribution in [0.3, 0.4) is 0 Å². The third kappa shape index (κ3) is 4.11. The molecule has 11 heteroatoms. The third-order valence-corrected chi connectivity index (χ3v) is 5.55. The molecular weight excluding hydrogens is 419 g/mol. The van der Waals surface area contributed by atoms with Crippen molar-refractivity contribution in [3.05, 3.63) is 64.1 Å². The van der Waals surface area contributed by atoms with Crippen LogP contribution in [0.15, 0.2) is 35.6 Å². The Morgan fingerprint density at radius 3 is 2.91 bits per heavy atom. The SMILES string of the molecule is Cn1c(C2(C)CCCO2)nc(CC(=O)NCc2ccc(F)cc2-n2cncn2)c(O)c1=O. The molecule has 168 valence electrons. The van der Waals surface area contributed by atoms with Crippen molar-refractivity contribution >= 4 is 5.91 Å². The molecule has 1 unspecified atom stereocenters. The number of benzene rings is 1. The molecule has 1 aromatic carbocycles. The highest BCUT2D eigenvalue weighted by atomic mass is 19.1. The number of ether oxygens (including phenoxy) is 1. The molecule has 1 atom stereocenters. The smallest absolute Gasteiger partial charge is 0.295 e. The number of carbonyl (C=O) groups excluding carboxylic acids is 1. The van der Waals surface area contributed by atoms with Crippen LogP contribution >= 0.6 is 0 Å². The van der Waals surface area contributed by atoms with E-state index in [1.807, 2.05) is 6.92 Å². The van der Waals surface area contributed by atoms with E-state index in [9.17, 15) is 19.1 Å². The molecule has 0 saturated carbocycles. The Kier molecular flexibility index (Phi) is 5.74. The molecule has 0 bridgehead atoms. The Balaban J connectivity index is 1.53. The topological polar surface area (TPSA) is 124 Å². The number of rotatable bonds is 6. The van der Waals surface area contributed by atoms with Crippen LogP contribution < -0.4 is 10.9 Å². The lowest BCUT2D eigenvalue weighted by molar-refractivity contribution is -0.120. The average Bonchev–Trinajstić information content (AvgIpc) is 3.46. The van der Waals surface area contributed by atoms with Crippen LogP contribution in [0.4, 0.5) is 4.39 Å². The summed E-state index contributed by atoms with van der Waals surface area (Å²) in [6.45, 7) is 2.46. The van der Waals surface area contributed by atoms with Crippen LogP contribution in [-0.2, 0) is 35.1 Å². The maximum Gasteiger partial charge on any atom is 0.295 e. The summed E-state index contributed by atoms with van der Waals surface area (Å²) < 4.78 is 22.1. The van der Waals surface area contributed by atoms with E-state index in [2.05, 4.69) is 20.4 Å². The number of nitrogens with zero attached hydrogens (tertiary/aromatic N) is 5. The Bertz CT molecular complexity index is 1200. The molecule has 4 rings (SSSR count). The lowest BCUT2D eigenvalue weighted by Gasteiger charge is -2.25. The molecule has 10 nitrogen and oxygen atoms in total. The molecule has 1 fully saturated rings. The molecule has 2 N–H and O–H groups in total. The number of carbonyl (C=O) groups is 1. The molecule has 3 aromatic rings. The van der Waals surface area contributed by atoms with E-state index in [4.69, 9.17) is 4.74 Å². The zero-order valence-corrected chi connectivity index (χ0v) is 17.7. The first-order valence-corrected chi connectivity index (χ1v) is 10.1. The summed E-state index contributed by atoms with van der Waals surface area (Å²) in [6, 6.07) is 4.11. The van der Waals surface area contributed by atoms with Crippen molar-refractivity contribution in [2.75, 3.05) is 6.61 Å². The van der Waals surface area contributed by atoms with Gasteiger partial charge in [0, 0.05) is 20.2 Å². The minimum absolute atomic E-state index is 0.0204. The summed E-state index contributed by atoms with van der Waals surface area (Å²) in [5.74, 6) is -1.11. The Morgan fingerprint density at radius 1 is 1.41 bits per heavy atom. The lowest BCUT2D eigenvalue weighted by atomic mass is 10.0. The zero-order chi connectivity index (χ0) is 22.9. The van der Waals surface area contributed by atoms with Crippen molar-refractivity contribution in [2.24, 2.45) is 7.05 Å². The fraction of sp³-hybridized carbons (Fsp3) is 0.381. The van der Waals surface area contributed by atoms with E-state index >= 15 is 0 Å². The van der Waals surface area contributed by atoms with Gasteiger partial charge in [-0.3, -0.25) is 14.2 Å². The van der Waals surface area contributed by atoms with Crippen molar-refractivity contribution < 1.29 is 19.0 Å². The van der Waals surface area contributed by atoms with Crippen molar-refractivity contribution in [1.82, 2.24) is 29.6 Å². The highest BCUT2D eigenvalue weighted by Crippen LogP contribution is 2.34. The minimum atomic E-state index is -0.756. The van der Waals surface area contributed by atoms with Crippen LogP contribution in [0.2, 0.25) is 0 Å². The van der Waals surface area contributed by atoms with Gasteiger partial charge in [-0.2, -0.15) is 5.10 Å². The van der Waals surface area contributed by atoms with E-state index in [1.54, 1.807) is 0 Å². The molecule has 3 heterocycles. The molecule has 1 aliphatic rings. The molecule has 0 spiro atoms. The quantitative estimate of drug-likeness (QED) is 0.586. The molecule has 1 amide bonds. The maximum atomic E-state index is 13.7. The first-order chi connectivity index (χ1) is 15.3. The van der Waals surface area contributed by atoms with E-state index in [-0.39, 0.29) is 18.7 Å². The fourth-order valence-corrected chi connectivity index (χ4v) is 3.83. The van der Waals surface area contributed by atoms with Crippen molar-refractivity contribution in [2.45, 2.75) is 38.3 Å². The second-order valence-corrected chi connectivity index (χ2v) is 7.84. The van der Waals surface area contributed by atoms with Gasteiger partial charge in [0.25, 0.3) is 5.56 Å². The molecular formula is C21H23FN6O4. The number of amides is 1. The van der Waals surface area contributed by atoms with Crippen molar-refractivity contribution in [3.63, 3.8) is 0 Å². The maximum absolute atomic E-state index is 13.7. The Hall–Kier alpha value is -3.60. The number of nitrogens with one attached hydrogen (secondary N) is 1. The Labute approximate surface area is 182 Å². The summed E-state index contributed by atoms with van der Waals surface area (Å²) in [5.41, 5.74) is -0.368. The number of hydrogen-bond donors (Lipinski definition) is 2. The first kappa shape index (κ1) is 21.6. The van der Waals surface area contributed by atoms with E-state index < -0.39 is 28.6 Å². The van der Waals surface area contributed by atoms with Crippen molar-refractivity contribution in [3.8, 4) is 11.4 Å². The van der Waals surface area contributed by atoms with Crippen LogP contribution in [0.25, 0.3) is 5.69 Å². The zero-order valence-electron chi connectivity index (χ0n) is 17.7. The van der Waals surface area contributed by atoms with Gasteiger partial charge >= 0.3 is 0 Å². The predicted octanol–water partition coefficient (Wildman–Crippen LogP) is 1.09. The number of hydrogen-bond acceptors (Lipinski definition) is 7. The van der Waals surface area contributed by atoms with E-state index in [0.29, 0.717) is 30.1 Å². The summed E-state index contributed by atoms with van der Waals surface area (Å²) >= 11 is 0. The van der Waals surface area contributed by atoms with Gasteiger partial charge in [-0.05, 0) is 37.5 Å². The normalized spacial score (nSPS) is 18.1. The average molecular weight is 442 g/mol. The van der Waals surface area contributed by atoms with E-state index in [0.717, 1.165) is 6.42 Å². The number of halogens is 1. The van der Waals surface area contributed by atoms with Gasteiger partial charge in [0.1, 0.15) is 29.9 Å². The van der Waals surface area contributed by atoms with Gasteiger partial charge < -0.3 is 15.2 Å². The van der Waals surface area contributed by atoms with Crippen LogP contribution in [0, 0.1) is 5.82 Å². The largest absolute Gasteiger partial charge is 0.502 e. The summed E-state index contributed by atoms with van der Waals surface area (Å²) in [6.07, 6.45) is 3.96. The monoisotopic (exact) mass is 442 g/mol. The highest BCUT2D eigenvalue weighted by molar-refractivity contribution is 5.78. The summed E-state index contributed by atoms with van der Waals surface area (Å²) in [4.78, 5) is 33.4. The molecule has 32 heavy (non-hydrogen) atoms. The fourth-order valence-electron chi connectivity index (χ4n) is 3.83. The Morgan fingerprint density at radius 2 is 2.22 bits per heavy atom. The van der Waals surface area contributed by atoms with Gasteiger partial charge in [-0.1, -0.05) is 6.07 Å². The van der Waals surface area contributed by atoms with Crippen LogP contribution in [0.1, 0.15) is 36.8 Å². The van der Waals surface area contributed by atoms with Crippen LogP contribution in [-0.4, -0.2) is 41.9 Å². The van der Waals surface area contributed by atoms with E-state index in [1.165, 1.54) is 47.2 Å². The lowest BCUT2D eigenvalue weighted by Crippen LogP contribution is -2.34.